The average Bonchev–Trinajstić information content (AvgIpc) is 3.06. The van der Waals surface area contributed by atoms with Crippen molar-refractivity contribution in [3.8, 4) is 0 Å². The Kier molecular flexibility index (Phi) is 28.1. The highest BCUT2D eigenvalue weighted by molar-refractivity contribution is 5.73. The molecule has 0 aliphatic carbocycles. The van der Waals surface area contributed by atoms with E-state index in [9.17, 15) is 28.8 Å². The largest absolute Gasteiger partial charge is 0.464 e. The molecule has 0 aromatic heterocycles. The summed E-state index contributed by atoms with van der Waals surface area (Å²) >= 11 is 0. The van der Waals surface area contributed by atoms with E-state index in [0.29, 0.717) is 25.9 Å². The summed E-state index contributed by atoms with van der Waals surface area (Å²) in [5.41, 5.74) is 0. The summed E-state index contributed by atoms with van der Waals surface area (Å²) < 4.78 is 30.7. The Bertz CT molecular complexity index is 800. The first-order valence-corrected chi connectivity index (χ1v) is 17.2. The predicted octanol–water partition coefficient (Wildman–Crippen LogP) is 4.61. The monoisotopic (exact) mass is 673 g/mol. The Morgan fingerprint density at radius 2 is 0.979 bits per heavy atom. The first kappa shape index (κ1) is 43.8. The van der Waals surface area contributed by atoms with E-state index in [1.165, 1.54) is 0 Å². The molecule has 0 amide bonds. The van der Waals surface area contributed by atoms with Crippen LogP contribution in [-0.4, -0.2) is 88.5 Å². The molecule has 272 valence electrons. The molecule has 0 radical (unpaired) electrons. The van der Waals surface area contributed by atoms with Crippen LogP contribution in [0.15, 0.2) is 0 Å². The molecule has 13 heteroatoms. The summed E-state index contributed by atoms with van der Waals surface area (Å²) in [5.74, 6) is -2.35. The standard InChI is InChI=1S/C34H59NO12/c1-5-7-9-11-15-27(3)33(40)44-23-29(21-42-25-36)46-31(38)17-13-19-35-20-14-18-32(39)47-30(22-43-26-37)24-45-34(41)28(4)16-12-10-8-6-2/h25-30,35H,5-24H2,1-4H3. The number of unbranched alkanes of at least 4 members (excludes halogenated alkanes) is 6. The fraction of sp³-hybridized carbons (Fsp3) is 0.824. The summed E-state index contributed by atoms with van der Waals surface area (Å²) in [6.07, 6.45) is 9.16. The van der Waals surface area contributed by atoms with Crippen molar-refractivity contribution in [3.05, 3.63) is 0 Å². The maximum Gasteiger partial charge on any atom is 0.308 e. The van der Waals surface area contributed by atoms with Gasteiger partial charge in [0.15, 0.2) is 12.2 Å². The molecule has 4 atom stereocenters. The van der Waals surface area contributed by atoms with Gasteiger partial charge in [0, 0.05) is 12.8 Å². The lowest BCUT2D eigenvalue weighted by Crippen LogP contribution is -2.31. The molecule has 0 aromatic carbocycles. The number of nitrogens with one attached hydrogen (secondary N) is 1. The lowest BCUT2D eigenvalue weighted by molar-refractivity contribution is -0.165. The van der Waals surface area contributed by atoms with Gasteiger partial charge >= 0.3 is 23.9 Å². The van der Waals surface area contributed by atoms with Crippen LogP contribution >= 0.6 is 0 Å². The first-order chi connectivity index (χ1) is 22.7. The Morgan fingerprint density at radius 1 is 0.574 bits per heavy atom. The quantitative estimate of drug-likeness (QED) is 0.0455. The number of rotatable bonds is 32. The first-order valence-electron chi connectivity index (χ1n) is 17.2. The third kappa shape index (κ3) is 25.5. The minimum absolute atomic E-state index is 0.0862. The highest BCUT2D eigenvalue weighted by atomic mass is 16.6. The molecule has 0 spiro atoms. The summed E-state index contributed by atoms with van der Waals surface area (Å²) in [4.78, 5) is 70.4. The van der Waals surface area contributed by atoms with E-state index < -0.39 is 24.1 Å². The average molecular weight is 674 g/mol. The van der Waals surface area contributed by atoms with Crippen LogP contribution in [0, 0.1) is 11.8 Å². The van der Waals surface area contributed by atoms with Gasteiger partial charge < -0.3 is 33.7 Å². The number of esters is 4. The van der Waals surface area contributed by atoms with Crippen molar-refractivity contribution in [1.29, 1.82) is 0 Å². The molecule has 13 nitrogen and oxygen atoms in total. The molecule has 47 heavy (non-hydrogen) atoms. The number of hydrogen-bond acceptors (Lipinski definition) is 13. The van der Waals surface area contributed by atoms with Gasteiger partial charge in [-0.15, -0.1) is 0 Å². The van der Waals surface area contributed by atoms with Crippen LogP contribution in [-0.2, 0) is 57.2 Å². The van der Waals surface area contributed by atoms with Crippen LogP contribution in [0.5, 0.6) is 0 Å². The predicted molar refractivity (Wildman–Crippen MR) is 173 cm³/mol. The normalized spacial score (nSPS) is 13.4. The Morgan fingerprint density at radius 3 is 1.34 bits per heavy atom. The van der Waals surface area contributed by atoms with Crippen molar-refractivity contribution in [2.24, 2.45) is 11.8 Å². The Balaban J connectivity index is 4.30. The van der Waals surface area contributed by atoms with Crippen LogP contribution in [0.25, 0.3) is 0 Å². The van der Waals surface area contributed by atoms with Gasteiger partial charge in [-0.25, -0.2) is 0 Å². The van der Waals surface area contributed by atoms with Crippen LogP contribution in [0.2, 0.25) is 0 Å². The second-order valence-electron chi connectivity index (χ2n) is 11.8. The van der Waals surface area contributed by atoms with Crippen LogP contribution < -0.4 is 5.32 Å². The zero-order valence-corrected chi connectivity index (χ0v) is 29.0. The van der Waals surface area contributed by atoms with Crippen molar-refractivity contribution >= 4 is 36.8 Å². The highest BCUT2D eigenvalue weighted by Crippen LogP contribution is 2.14. The van der Waals surface area contributed by atoms with Crippen LogP contribution in [0.4, 0.5) is 0 Å². The van der Waals surface area contributed by atoms with Crippen molar-refractivity contribution in [1.82, 2.24) is 5.32 Å². The van der Waals surface area contributed by atoms with E-state index in [-0.39, 0.29) is 76.0 Å². The van der Waals surface area contributed by atoms with E-state index in [2.05, 4.69) is 19.2 Å². The molecule has 4 unspecified atom stereocenters. The molecule has 0 bridgehead atoms. The zero-order valence-electron chi connectivity index (χ0n) is 29.0. The smallest absolute Gasteiger partial charge is 0.308 e. The Labute approximate surface area is 280 Å². The van der Waals surface area contributed by atoms with Crippen LogP contribution in [0.3, 0.4) is 0 Å². The van der Waals surface area contributed by atoms with Crippen molar-refractivity contribution in [2.45, 2.75) is 130 Å². The van der Waals surface area contributed by atoms with Gasteiger partial charge in [-0.05, 0) is 38.8 Å². The number of ether oxygens (including phenoxy) is 6. The lowest BCUT2D eigenvalue weighted by Gasteiger charge is -2.19. The molecular weight excluding hydrogens is 614 g/mol. The van der Waals surface area contributed by atoms with E-state index in [0.717, 1.165) is 64.2 Å². The lowest BCUT2D eigenvalue weighted by atomic mass is 10.0. The number of hydrogen-bond donors (Lipinski definition) is 1. The van der Waals surface area contributed by atoms with E-state index in [4.69, 9.17) is 28.4 Å². The third-order valence-electron chi connectivity index (χ3n) is 7.37. The summed E-state index contributed by atoms with van der Waals surface area (Å²) in [6, 6.07) is 0. The second-order valence-corrected chi connectivity index (χ2v) is 11.8. The molecule has 0 heterocycles. The molecular formula is C34H59NO12. The van der Waals surface area contributed by atoms with Crippen molar-refractivity contribution in [2.75, 3.05) is 39.5 Å². The van der Waals surface area contributed by atoms with E-state index in [1.807, 2.05) is 0 Å². The molecule has 0 aliphatic rings. The maximum atomic E-state index is 12.3. The van der Waals surface area contributed by atoms with Gasteiger partial charge in [-0.2, -0.15) is 0 Å². The number of carbonyl (C=O) groups excluding carboxylic acids is 6. The molecule has 0 aromatic rings. The SMILES string of the molecule is CCCCCCC(C)C(=O)OCC(COC=O)OC(=O)CCCNCCCC(=O)OC(COC=O)COC(=O)C(C)CCCCCC. The zero-order chi connectivity index (χ0) is 35.1. The van der Waals surface area contributed by atoms with E-state index >= 15 is 0 Å². The van der Waals surface area contributed by atoms with Gasteiger partial charge in [0.25, 0.3) is 12.9 Å². The molecule has 0 fully saturated rings. The van der Waals surface area contributed by atoms with Crippen LogP contribution in [0.1, 0.15) is 118 Å². The van der Waals surface area contributed by atoms with Gasteiger partial charge in [-0.3, -0.25) is 28.8 Å². The van der Waals surface area contributed by atoms with Gasteiger partial charge in [-0.1, -0.05) is 79.1 Å². The summed E-state index contributed by atoms with van der Waals surface area (Å²) in [6.45, 7) is 8.44. The van der Waals surface area contributed by atoms with Gasteiger partial charge in [0.1, 0.15) is 26.4 Å². The molecule has 1 N–H and O–H groups in total. The highest BCUT2D eigenvalue weighted by Gasteiger charge is 2.22. The molecule has 0 rings (SSSR count). The van der Waals surface area contributed by atoms with Gasteiger partial charge in [0.05, 0.1) is 11.8 Å². The molecule has 0 aliphatic heterocycles. The number of carbonyl (C=O) groups is 6. The summed E-state index contributed by atoms with van der Waals surface area (Å²) in [5, 5.41) is 3.13. The van der Waals surface area contributed by atoms with E-state index in [1.54, 1.807) is 13.8 Å². The molecule has 0 saturated heterocycles. The fourth-order valence-corrected chi connectivity index (χ4v) is 4.48. The summed E-state index contributed by atoms with van der Waals surface area (Å²) in [7, 11) is 0. The Hall–Kier alpha value is -3.22. The third-order valence-corrected chi connectivity index (χ3v) is 7.37. The maximum absolute atomic E-state index is 12.3. The van der Waals surface area contributed by atoms with Gasteiger partial charge in [0.2, 0.25) is 0 Å². The van der Waals surface area contributed by atoms with Crippen molar-refractivity contribution < 1.29 is 57.2 Å². The second kappa shape index (κ2) is 30.1. The fourth-order valence-electron chi connectivity index (χ4n) is 4.48. The minimum atomic E-state index is -0.897. The minimum Gasteiger partial charge on any atom is -0.464 e. The molecule has 0 saturated carbocycles. The topological polar surface area (TPSA) is 170 Å². The van der Waals surface area contributed by atoms with Crippen molar-refractivity contribution in [3.63, 3.8) is 0 Å².